The zero-order chi connectivity index (χ0) is 13.7. The number of amides is 1. The smallest absolute Gasteiger partial charge is 0.230 e. The molecule has 1 heterocycles. The minimum absolute atomic E-state index is 0.133. The van der Waals surface area contributed by atoms with E-state index in [4.69, 9.17) is 0 Å². The van der Waals surface area contributed by atoms with Gasteiger partial charge in [0.15, 0.2) is 0 Å². The highest BCUT2D eigenvalue weighted by atomic mass is 32.2. The van der Waals surface area contributed by atoms with Crippen molar-refractivity contribution in [1.29, 1.82) is 0 Å². The molecule has 1 aliphatic heterocycles. The minimum Gasteiger partial charge on any atom is -0.351 e. The Morgan fingerprint density at radius 1 is 1.47 bits per heavy atom. The lowest BCUT2D eigenvalue weighted by molar-refractivity contribution is -0.119. The third kappa shape index (κ3) is 4.25. The van der Waals surface area contributed by atoms with Crippen LogP contribution in [-0.2, 0) is 4.79 Å². The SMILES string of the molecule is Cc1ccccc1SCC(=O)NC1CNCCC1C. The molecule has 1 aromatic rings. The number of thioether (sulfide) groups is 1. The highest BCUT2D eigenvalue weighted by molar-refractivity contribution is 8.00. The number of rotatable bonds is 4. The minimum atomic E-state index is 0.133. The Labute approximate surface area is 119 Å². The molecule has 0 saturated carbocycles. The molecule has 0 radical (unpaired) electrons. The van der Waals surface area contributed by atoms with Gasteiger partial charge in [-0.25, -0.2) is 0 Å². The second-order valence-corrected chi connectivity index (χ2v) is 6.22. The van der Waals surface area contributed by atoms with Gasteiger partial charge in [-0.05, 0) is 37.4 Å². The van der Waals surface area contributed by atoms with Crippen molar-refractivity contribution in [2.24, 2.45) is 5.92 Å². The molecule has 0 aromatic heterocycles. The second-order valence-electron chi connectivity index (χ2n) is 5.20. The second kappa shape index (κ2) is 6.96. The normalized spacial score (nSPS) is 23.1. The Morgan fingerprint density at radius 2 is 2.26 bits per heavy atom. The van der Waals surface area contributed by atoms with E-state index >= 15 is 0 Å². The Hall–Kier alpha value is -1.00. The lowest BCUT2D eigenvalue weighted by atomic mass is 9.95. The molecule has 104 valence electrons. The van der Waals surface area contributed by atoms with E-state index in [2.05, 4.69) is 36.6 Å². The number of carbonyl (C=O) groups excluding carboxylic acids is 1. The summed E-state index contributed by atoms with van der Waals surface area (Å²) in [7, 11) is 0. The number of nitrogens with one attached hydrogen (secondary N) is 2. The molecule has 2 N–H and O–H groups in total. The largest absolute Gasteiger partial charge is 0.351 e. The van der Waals surface area contributed by atoms with Crippen molar-refractivity contribution in [2.75, 3.05) is 18.8 Å². The molecule has 1 aliphatic rings. The molecule has 3 nitrogen and oxygen atoms in total. The predicted molar refractivity (Wildman–Crippen MR) is 80.5 cm³/mol. The van der Waals surface area contributed by atoms with Crippen LogP contribution in [0.5, 0.6) is 0 Å². The zero-order valence-corrected chi connectivity index (χ0v) is 12.4. The van der Waals surface area contributed by atoms with Crippen molar-refractivity contribution in [3.05, 3.63) is 29.8 Å². The summed E-state index contributed by atoms with van der Waals surface area (Å²) in [6.45, 7) is 6.24. The molecule has 0 bridgehead atoms. The summed E-state index contributed by atoms with van der Waals surface area (Å²) in [6.07, 6.45) is 1.13. The van der Waals surface area contributed by atoms with Crippen LogP contribution in [0.2, 0.25) is 0 Å². The van der Waals surface area contributed by atoms with Crippen LogP contribution in [-0.4, -0.2) is 30.8 Å². The van der Waals surface area contributed by atoms with Crippen LogP contribution in [0.1, 0.15) is 18.9 Å². The number of hydrogen-bond acceptors (Lipinski definition) is 3. The van der Waals surface area contributed by atoms with Crippen molar-refractivity contribution in [2.45, 2.75) is 31.2 Å². The van der Waals surface area contributed by atoms with Crippen LogP contribution >= 0.6 is 11.8 Å². The average Bonchev–Trinajstić information content (AvgIpc) is 2.40. The van der Waals surface area contributed by atoms with E-state index in [1.165, 1.54) is 10.5 Å². The van der Waals surface area contributed by atoms with Gasteiger partial charge in [0, 0.05) is 17.5 Å². The third-order valence-electron chi connectivity index (χ3n) is 3.63. The van der Waals surface area contributed by atoms with Crippen LogP contribution < -0.4 is 10.6 Å². The molecule has 1 amide bonds. The van der Waals surface area contributed by atoms with Gasteiger partial charge in [0.2, 0.25) is 5.91 Å². The Kier molecular flexibility index (Phi) is 5.28. The molecule has 4 heteroatoms. The highest BCUT2D eigenvalue weighted by Crippen LogP contribution is 2.21. The van der Waals surface area contributed by atoms with Gasteiger partial charge in [-0.3, -0.25) is 4.79 Å². The number of benzene rings is 1. The van der Waals surface area contributed by atoms with Gasteiger partial charge in [0.1, 0.15) is 0 Å². The van der Waals surface area contributed by atoms with Gasteiger partial charge in [-0.15, -0.1) is 11.8 Å². The quantitative estimate of drug-likeness (QED) is 0.830. The standard InChI is InChI=1S/C15H22N2OS/c1-11-7-8-16-9-13(11)17-15(18)10-19-14-6-4-3-5-12(14)2/h3-6,11,13,16H,7-10H2,1-2H3,(H,17,18). The summed E-state index contributed by atoms with van der Waals surface area (Å²) >= 11 is 1.61. The zero-order valence-electron chi connectivity index (χ0n) is 11.6. The Balaban J connectivity index is 1.80. The van der Waals surface area contributed by atoms with E-state index in [0.29, 0.717) is 11.7 Å². The maximum Gasteiger partial charge on any atom is 0.230 e. The molecular formula is C15H22N2OS. The van der Waals surface area contributed by atoms with Gasteiger partial charge >= 0.3 is 0 Å². The Bertz CT molecular complexity index is 436. The van der Waals surface area contributed by atoms with Crippen molar-refractivity contribution >= 4 is 17.7 Å². The van der Waals surface area contributed by atoms with Crippen LogP contribution in [0.15, 0.2) is 29.2 Å². The Morgan fingerprint density at radius 3 is 3.00 bits per heavy atom. The highest BCUT2D eigenvalue weighted by Gasteiger charge is 2.22. The van der Waals surface area contributed by atoms with Gasteiger partial charge in [-0.1, -0.05) is 25.1 Å². The number of carbonyl (C=O) groups is 1. The monoisotopic (exact) mass is 278 g/mol. The first-order chi connectivity index (χ1) is 9.16. The molecule has 2 unspecified atom stereocenters. The number of piperidine rings is 1. The average molecular weight is 278 g/mol. The molecule has 19 heavy (non-hydrogen) atoms. The van der Waals surface area contributed by atoms with Gasteiger partial charge in [-0.2, -0.15) is 0 Å². The van der Waals surface area contributed by atoms with E-state index < -0.39 is 0 Å². The molecular weight excluding hydrogens is 256 g/mol. The molecule has 1 fully saturated rings. The summed E-state index contributed by atoms with van der Waals surface area (Å²) < 4.78 is 0. The predicted octanol–water partition coefficient (Wildman–Crippen LogP) is 2.20. The van der Waals surface area contributed by atoms with E-state index in [9.17, 15) is 4.79 Å². The van der Waals surface area contributed by atoms with Crippen LogP contribution in [0.4, 0.5) is 0 Å². The first-order valence-electron chi connectivity index (χ1n) is 6.85. The molecule has 1 aromatic carbocycles. The van der Waals surface area contributed by atoms with Crippen LogP contribution in [0, 0.1) is 12.8 Å². The first kappa shape index (κ1) is 14.4. The van der Waals surface area contributed by atoms with Crippen LogP contribution in [0.25, 0.3) is 0 Å². The molecule has 0 aliphatic carbocycles. The number of hydrogen-bond donors (Lipinski definition) is 2. The van der Waals surface area contributed by atoms with E-state index in [-0.39, 0.29) is 11.9 Å². The van der Waals surface area contributed by atoms with Gasteiger partial charge in [0.25, 0.3) is 0 Å². The van der Waals surface area contributed by atoms with E-state index in [1.807, 2.05) is 12.1 Å². The number of aryl methyl sites for hydroxylation is 1. The van der Waals surface area contributed by atoms with E-state index in [0.717, 1.165) is 19.5 Å². The molecule has 0 spiro atoms. The molecule has 1 saturated heterocycles. The summed E-state index contributed by atoms with van der Waals surface area (Å²) in [6, 6.07) is 8.46. The maximum atomic E-state index is 12.0. The fraction of sp³-hybridized carbons (Fsp3) is 0.533. The summed E-state index contributed by atoms with van der Waals surface area (Å²) in [5.74, 6) is 1.19. The topological polar surface area (TPSA) is 41.1 Å². The van der Waals surface area contributed by atoms with Crippen molar-refractivity contribution in [3.63, 3.8) is 0 Å². The fourth-order valence-electron chi connectivity index (χ4n) is 2.29. The third-order valence-corrected chi connectivity index (χ3v) is 4.80. The van der Waals surface area contributed by atoms with Crippen molar-refractivity contribution < 1.29 is 4.79 Å². The lowest BCUT2D eigenvalue weighted by Crippen LogP contribution is -2.50. The van der Waals surface area contributed by atoms with Crippen molar-refractivity contribution in [1.82, 2.24) is 10.6 Å². The first-order valence-corrected chi connectivity index (χ1v) is 7.84. The molecule has 2 rings (SSSR count). The summed E-state index contributed by atoms with van der Waals surface area (Å²) in [5.41, 5.74) is 1.23. The van der Waals surface area contributed by atoms with Gasteiger partial charge in [0.05, 0.1) is 5.75 Å². The lowest BCUT2D eigenvalue weighted by Gasteiger charge is -2.30. The van der Waals surface area contributed by atoms with Crippen molar-refractivity contribution in [3.8, 4) is 0 Å². The van der Waals surface area contributed by atoms with Crippen LogP contribution in [0.3, 0.4) is 0 Å². The maximum absolute atomic E-state index is 12.0. The molecule has 2 atom stereocenters. The van der Waals surface area contributed by atoms with Gasteiger partial charge < -0.3 is 10.6 Å². The fourth-order valence-corrected chi connectivity index (χ4v) is 3.13. The summed E-state index contributed by atoms with van der Waals surface area (Å²) in [4.78, 5) is 13.2. The summed E-state index contributed by atoms with van der Waals surface area (Å²) in [5, 5.41) is 6.47. The van der Waals surface area contributed by atoms with E-state index in [1.54, 1.807) is 11.8 Å².